The number of hydrogen-bond acceptors (Lipinski definition) is 7. The zero-order valence-corrected chi connectivity index (χ0v) is 20.3. The van der Waals surface area contributed by atoms with E-state index in [0.717, 1.165) is 0 Å². The Bertz CT molecular complexity index is 1010. The zero-order chi connectivity index (χ0) is 22.8. The number of carboxylic acid groups (broad SMARTS) is 1. The summed E-state index contributed by atoms with van der Waals surface area (Å²) < 4.78 is 36.5. The Morgan fingerprint density at radius 1 is 1.19 bits per heavy atom. The molecule has 12 heteroatoms. The average molecular weight is 535 g/mol. The van der Waals surface area contributed by atoms with Crippen molar-refractivity contribution >= 4 is 60.3 Å². The van der Waals surface area contributed by atoms with Gasteiger partial charge in [0.15, 0.2) is 26.5 Å². The molecule has 2 atom stereocenters. The maximum atomic E-state index is 12.3. The van der Waals surface area contributed by atoms with E-state index in [9.17, 15) is 18.0 Å². The van der Waals surface area contributed by atoms with Gasteiger partial charge in [0, 0.05) is 28.3 Å². The molecule has 1 aromatic rings. The van der Waals surface area contributed by atoms with Crippen LogP contribution in [0.3, 0.4) is 0 Å². The Hall–Kier alpha value is -1.79. The number of nitrogens with zero attached hydrogens (tertiary/aromatic N) is 2. The smallest absolute Gasteiger partial charge is 0.303 e. The topological polar surface area (TPSA) is 123 Å². The number of amides is 1. The van der Waals surface area contributed by atoms with Crippen LogP contribution in [0.4, 0.5) is 5.69 Å². The van der Waals surface area contributed by atoms with Crippen molar-refractivity contribution in [3.8, 4) is 11.5 Å². The molecule has 1 aromatic carbocycles. The number of benzene rings is 1. The van der Waals surface area contributed by atoms with Crippen molar-refractivity contribution in [2.75, 3.05) is 29.6 Å². The number of amidine groups is 1. The largest absolute Gasteiger partial charge is 0.490 e. The number of anilines is 1. The van der Waals surface area contributed by atoms with E-state index in [4.69, 9.17) is 14.6 Å². The van der Waals surface area contributed by atoms with Gasteiger partial charge in [-0.2, -0.15) is 4.99 Å². The fourth-order valence-electron chi connectivity index (χ4n) is 3.47. The second-order valence-electron chi connectivity index (χ2n) is 6.97. The van der Waals surface area contributed by atoms with Crippen molar-refractivity contribution in [1.29, 1.82) is 0 Å². The third-order valence-corrected chi connectivity index (χ3v) is 8.56. The van der Waals surface area contributed by atoms with Gasteiger partial charge in [-0.15, -0.1) is 0 Å². The van der Waals surface area contributed by atoms with E-state index in [1.165, 1.54) is 11.8 Å². The van der Waals surface area contributed by atoms with Gasteiger partial charge in [0.05, 0.1) is 42.9 Å². The molecule has 2 fully saturated rings. The first-order valence-corrected chi connectivity index (χ1v) is 13.2. The minimum Gasteiger partial charge on any atom is -0.490 e. The lowest BCUT2D eigenvalue weighted by Gasteiger charge is -2.27. The maximum Gasteiger partial charge on any atom is 0.303 e. The molecule has 9 nitrogen and oxygen atoms in total. The third kappa shape index (κ3) is 5.53. The predicted octanol–water partition coefficient (Wildman–Crippen LogP) is 2.71. The fourth-order valence-corrected chi connectivity index (χ4v) is 7.91. The molecular formula is C19H23BrN2O7S2. The molecule has 0 radical (unpaired) electrons. The molecule has 1 N–H and O–H groups in total. The van der Waals surface area contributed by atoms with Gasteiger partial charge < -0.3 is 19.5 Å². The summed E-state index contributed by atoms with van der Waals surface area (Å²) >= 11 is 4.76. The minimum atomic E-state index is -3.22. The van der Waals surface area contributed by atoms with Gasteiger partial charge >= 0.3 is 5.97 Å². The van der Waals surface area contributed by atoms with E-state index in [-0.39, 0.29) is 29.6 Å². The normalized spacial score (nSPS) is 23.1. The summed E-state index contributed by atoms with van der Waals surface area (Å²) in [6.07, 6.45) is -0.543. The third-order valence-electron chi connectivity index (χ3n) is 4.71. The summed E-state index contributed by atoms with van der Waals surface area (Å²) in [6.45, 7) is 4.55. The van der Waals surface area contributed by atoms with Crippen LogP contribution in [0.15, 0.2) is 21.6 Å². The number of aliphatic imine (C=N–C) groups is 1. The van der Waals surface area contributed by atoms with Crippen LogP contribution in [0.1, 0.15) is 26.7 Å². The van der Waals surface area contributed by atoms with Crippen LogP contribution in [-0.2, 0) is 19.4 Å². The molecule has 0 unspecified atom stereocenters. The van der Waals surface area contributed by atoms with Crippen LogP contribution in [0.2, 0.25) is 0 Å². The van der Waals surface area contributed by atoms with Crippen molar-refractivity contribution in [2.45, 2.75) is 38.0 Å². The Morgan fingerprint density at radius 2 is 1.84 bits per heavy atom. The molecule has 0 saturated carbocycles. The highest BCUT2D eigenvalue weighted by molar-refractivity contribution is 9.10. The summed E-state index contributed by atoms with van der Waals surface area (Å²) in [4.78, 5) is 28.9. The molecule has 0 bridgehead atoms. The molecule has 2 saturated heterocycles. The van der Waals surface area contributed by atoms with Gasteiger partial charge in [-0.05, 0) is 29.8 Å². The molecule has 2 heterocycles. The number of carbonyl (C=O) groups is 2. The number of carboxylic acids is 1. The van der Waals surface area contributed by atoms with Crippen LogP contribution < -0.4 is 14.4 Å². The summed E-state index contributed by atoms with van der Waals surface area (Å²) in [5.74, 6) is -0.676. The first-order chi connectivity index (χ1) is 14.6. The second-order valence-corrected chi connectivity index (χ2v) is 11.2. The standard InChI is InChI=1S/C19H23BrN2O7S2/c1-3-28-14-7-11(20)12(8-15(14)29-4-2)22-13-9-31(26,27)10-16(13)30-19(22)21-17(23)5-6-18(24)25/h7-8,13,16H,3-6,9-10H2,1-2H3,(H,24,25)/t13-,16-/m0/s1. The molecule has 0 aliphatic carbocycles. The second kappa shape index (κ2) is 9.78. The van der Waals surface area contributed by atoms with Crippen LogP contribution in [0.5, 0.6) is 11.5 Å². The van der Waals surface area contributed by atoms with E-state index in [1.54, 1.807) is 17.0 Å². The lowest BCUT2D eigenvalue weighted by molar-refractivity contribution is -0.138. The van der Waals surface area contributed by atoms with E-state index in [1.807, 2.05) is 13.8 Å². The van der Waals surface area contributed by atoms with E-state index in [0.29, 0.717) is 40.0 Å². The van der Waals surface area contributed by atoms with Crippen molar-refractivity contribution in [1.82, 2.24) is 0 Å². The number of thioether (sulfide) groups is 1. The van der Waals surface area contributed by atoms with Gasteiger partial charge in [-0.1, -0.05) is 11.8 Å². The fraction of sp³-hybridized carbons (Fsp3) is 0.526. The highest BCUT2D eigenvalue weighted by atomic mass is 79.9. The number of aliphatic carboxylic acids is 1. The molecule has 31 heavy (non-hydrogen) atoms. The number of sulfone groups is 1. The monoisotopic (exact) mass is 534 g/mol. The molecule has 1 amide bonds. The summed E-state index contributed by atoms with van der Waals surface area (Å²) in [7, 11) is -3.22. The Kier molecular flexibility index (Phi) is 7.53. The van der Waals surface area contributed by atoms with Crippen LogP contribution in [0.25, 0.3) is 0 Å². The molecule has 0 aromatic heterocycles. The number of halogens is 1. The summed E-state index contributed by atoms with van der Waals surface area (Å²) in [6, 6.07) is 3.09. The molecule has 0 spiro atoms. The van der Waals surface area contributed by atoms with E-state index >= 15 is 0 Å². The summed E-state index contributed by atoms with van der Waals surface area (Å²) in [5.41, 5.74) is 0.605. The molecule has 3 rings (SSSR count). The SMILES string of the molecule is CCOc1cc(Br)c(N2C(=NC(=O)CCC(=O)O)S[C@H]3CS(=O)(=O)C[C@@H]32)cc1OCC. The first-order valence-electron chi connectivity index (χ1n) is 9.74. The van der Waals surface area contributed by atoms with Gasteiger partial charge in [0.2, 0.25) is 5.91 Å². The van der Waals surface area contributed by atoms with Crippen molar-refractivity contribution in [3.63, 3.8) is 0 Å². The van der Waals surface area contributed by atoms with Crippen molar-refractivity contribution < 1.29 is 32.6 Å². The lowest BCUT2D eigenvalue weighted by Crippen LogP contribution is -2.38. The van der Waals surface area contributed by atoms with Gasteiger partial charge in [0.25, 0.3) is 0 Å². The van der Waals surface area contributed by atoms with E-state index < -0.39 is 27.8 Å². The van der Waals surface area contributed by atoms with Crippen molar-refractivity contribution in [2.24, 2.45) is 4.99 Å². The zero-order valence-electron chi connectivity index (χ0n) is 17.0. The Morgan fingerprint density at radius 3 is 2.45 bits per heavy atom. The number of ether oxygens (including phenoxy) is 2. The van der Waals surface area contributed by atoms with Crippen LogP contribution in [-0.4, -0.2) is 66.6 Å². The predicted molar refractivity (Wildman–Crippen MR) is 122 cm³/mol. The van der Waals surface area contributed by atoms with Crippen LogP contribution >= 0.6 is 27.7 Å². The molecular weight excluding hydrogens is 512 g/mol. The molecule has 2 aliphatic rings. The highest BCUT2D eigenvalue weighted by Crippen LogP contribution is 2.46. The summed E-state index contributed by atoms with van der Waals surface area (Å²) in [5, 5.41) is 8.90. The first kappa shape index (κ1) is 23.9. The Balaban J connectivity index is 2.03. The molecule has 2 aliphatic heterocycles. The number of fused-ring (bicyclic) bond motifs is 1. The number of hydrogen-bond donors (Lipinski definition) is 1. The maximum absolute atomic E-state index is 12.3. The molecule has 170 valence electrons. The average Bonchev–Trinajstić information content (AvgIpc) is 3.13. The Labute approximate surface area is 193 Å². The van der Waals surface area contributed by atoms with Crippen LogP contribution in [0, 0.1) is 0 Å². The number of rotatable bonds is 8. The van der Waals surface area contributed by atoms with Gasteiger partial charge in [0.1, 0.15) is 0 Å². The lowest BCUT2D eigenvalue weighted by atomic mass is 10.2. The minimum absolute atomic E-state index is 0.00582. The highest BCUT2D eigenvalue weighted by Gasteiger charge is 2.50. The van der Waals surface area contributed by atoms with Crippen molar-refractivity contribution in [3.05, 3.63) is 16.6 Å². The van der Waals surface area contributed by atoms with Gasteiger partial charge in [-0.25, -0.2) is 8.42 Å². The number of carbonyl (C=O) groups excluding carboxylic acids is 1. The quantitative estimate of drug-likeness (QED) is 0.535. The van der Waals surface area contributed by atoms with Gasteiger partial charge in [-0.3, -0.25) is 9.59 Å². The van der Waals surface area contributed by atoms with E-state index in [2.05, 4.69) is 20.9 Å².